The number of aldehydes is 1. The molecule has 2 saturated heterocycles. The minimum absolute atomic E-state index is 0.162. The molecule has 0 spiro atoms. The van der Waals surface area contributed by atoms with Crippen LogP contribution in [0.1, 0.15) is 59.7 Å². The van der Waals surface area contributed by atoms with Crippen LogP contribution in [-0.2, 0) is 27.1 Å². The van der Waals surface area contributed by atoms with E-state index in [-0.39, 0.29) is 31.2 Å². The first-order chi connectivity index (χ1) is 32.5. The van der Waals surface area contributed by atoms with Gasteiger partial charge < -0.3 is 55.2 Å². The topological polar surface area (TPSA) is 186 Å². The summed E-state index contributed by atoms with van der Waals surface area (Å²) in [7, 11) is 0.664. The van der Waals surface area contributed by atoms with E-state index in [1.807, 2.05) is 42.6 Å². The van der Waals surface area contributed by atoms with Crippen LogP contribution in [0.15, 0.2) is 67.0 Å². The summed E-state index contributed by atoms with van der Waals surface area (Å²) in [6, 6.07) is 17.3. The van der Waals surface area contributed by atoms with Gasteiger partial charge in [0, 0.05) is 106 Å². The van der Waals surface area contributed by atoms with E-state index in [1.165, 1.54) is 11.3 Å². The second-order valence-electron chi connectivity index (χ2n) is 17.8. The third-order valence-corrected chi connectivity index (χ3v) is 14.9. The van der Waals surface area contributed by atoms with E-state index in [2.05, 4.69) is 60.3 Å². The summed E-state index contributed by atoms with van der Waals surface area (Å²) in [5.74, 6) is 1.99. The first-order valence-electron chi connectivity index (χ1n) is 23.3. The van der Waals surface area contributed by atoms with Crippen LogP contribution in [0.5, 0.6) is 11.5 Å². The maximum atomic E-state index is 13.2. The minimum Gasteiger partial charge on any atom is -0.494 e. The van der Waals surface area contributed by atoms with Crippen molar-refractivity contribution in [3.63, 3.8) is 0 Å². The molecule has 18 heteroatoms. The van der Waals surface area contributed by atoms with Crippen molar-refractivity contribution < 1.29 is 28.4 Å². The molecule has 0 radical (unpaired) electrons. The molecular formula is C49H64N11O6P. The Morgan fingerprint density at radius 1 is 0.985 bits per heavy atom. The predicted octanol–water partition coefficient (Wildman–Crippen LogP) is 4.95. The highest BCUT2D eigenvalue weighted by Crippen LogP contribution is 2.40. The number of hydrogen-bond donors (Lipinski definition) is 5. The van der Waals surface area contributed by atoms with Crippen LogP contribution in [-0.4, -0.2) is 141 Å². The van der Waals surface area contributed by atoms with Crippen LogP contribution in [0.25, 0.3) is 5.70 Å². The molecule has 356 valence electrons. The first kappa shape index (κ1) is 47.3. The fraction of sp³-hybridized carbons (Fsp3) is 0.449. The van der Waals surface area contributed by atoms with E-state index in [9.17, 15) is 18.9 Å². The molecule has 0 saturated carbocycles. The molecule has 2 amide bonds. The second kappa shape index (κ2) is 21.2. The summed E-state index contributed by atoms with van der Waals surface area (Å²) in [5, 5.41) is 16.8. The van der Waals surface area contributed by atoms with Gasteiger partial charge in [-0.25, -0.2) is 4.98 Å². The van der Waals surface area contributed by atoms with Crippen molar-refractivity contribution in [2.45, 2.75) is 57.7 Å². The third kappa shape index (κ3) is 10.8. The highest BCUT2D eigenvalue weighted by molar-refractivity contribution is 7.70. The number of amides is 2. The monoisotopic (exact) mass is 933 g/mol. The zero-order valence-electron chi connectivity index (χ0n) is 39.3. The molecule has 4 aromatic rings. The maximum absolute atomic E-state index is 13.2. The molecule has 4 aliphatic rings. The molecular weight excluding hydrogens is 870 g/mol. The summed E-state index contributed by atoms with van der Waals surface area (Å²) in [5.41, 5.74) is 6.90. The Morgan fingerprint density at radius 3 is 2.48 bits per heavy atom. The number of aromatic nitrogens is 2. The number of anilines is 5. The van der Waals surface area contributed by atoms with E-state index in [0.29, 0.717) is 48.1 Å². The Bertz CT molecular complexity index is 2520. The molecule has 1 unspecified atom stereocenters. The zero-order chi connectivity index (χ0) is 47.1. The van der Waals surface area contributed by atoms with Crippen molar-refractivity contribution in [3.8, 4) is 11.5 Å². The standard InChI is InChI=1S/C49H64N11O6P/c1-6-33-26-40(55-49-52-28-37(41-29-51-32-53-41)47(56-49)54-39-11-7-8-13-45(39)67(4,5)64)44(65-3)27-42(33)59-18-16-34(17-19-59)58-22-20-57(21-23-58)24-25-66-43-12-9-10-36-38(43)30-60(48(36)63)35(31-61)14-15-46(62)50-2/h7-13,26-29,31,34-35,51,53H,6,14-25,30,32H2,1-5H3,(H,50,62)(H2,52,54,55,56). The summed E-state index contributed by atoms with van der Waals surface area (Å²) in [6.07, 6.45) is 7.88. The zero-order valence-corrected chi connectivity index (χ0v) is 40.2. The smallest absolute Gasteiger partial charge is 0.255 e. The molecule has 1 atom stereocenters. The summed E-state index contributed by atoms with van der Waals surface area (Å²) in [6.45, 7) is 13.7. The summed E-state index contributed by atoms with van der Waals surface area (Å²) >= 11 is 0. The number of carbonyl (C=O) groups excluding carboxylic acids is 3. The Labute approximate surface area is 393 Å². The van der Waals surface area contributed by atoms with Gasteiger partial charge in [-0.2, -0.15) is 4.98 Å². The van der Waals surface area contributed by atoms with Crippen molar-refractivity contribution in [1.29, 1.82) is 0 Å². The minimum atomic E-state index is -2.59. The average Bonchev–Trinajstić information content (AvgIpc) is 4.00. The maximum Gasteiger partial charge on any atom is 0.255 e. The van der Waals surface area contributed by atoms with Gasteiger partial charge in [0.2, 0.25) is 11.9 Å². The molecule has 5 heterocycles. The molecule has 0 bridgehead atoms. The molecule has 1 aromatic heterocycles. The molecule has 3 aromatic carbocycles. The van der Waals surface area contributed by atoms with Crippen LogP contribution in [0.3, 0.4) is 0 Å². The Kier molecular flexibility index (Phi) is 15.0. The van der Waals surface area contributed by atoms with Gasteiger partial charge in [-0.1, -0.05) is 25.1 Å². The number of methoxy groups -OCH3 is 1. The van der Waals surface area contributed by atoms with E-state index in [4.69, 9.17) is 19.4 Å². The van der Waals surface area contributed by atoms with E-state index >= 15 is 0 Å². The quantitative estimate of drug-likeness (QED) is 0.0629. The Morgan fingerprint density at radius 2 is 1.78 bits per heavy atom. The number of ether oxygens (including phenoxy) is 2. The van der Waals surface area contributed by atoms with Crippen LogP contribution in [0.2, 0.25) is 0 Å². The van der Waals surface area contributed by atoms with Gasteiger partial charge in [0.15, 0.2) is 0 Å². The number of aryl methyl sites for hydroxylation is 1. The van der Waals surface area contributed by atoms with Crippen molar-refractivity contribution in [1.82, 2.24) is 40.6 Å². The number of nitrogens with zero attached hydrogens (tertiary/aromatic N) is 6. The first-order valence-corrected chi connectivity index (χ1v) is 25.9. The lowest BCUT2D eigenvalue weighted by Crippen LogP contribution is -2.53. The van der Waals surface area contributed by atoms with Gasteiger partial charge in [0.1, 0.15) is 37.4 Å². The number of rotatable bonds is 19. The fourth-order valence-corrected chi connectivity index (χ4v) is 10.7. The van der Waals surface area contributed by atoms with E-state index < -0.39 is 13.2 Å². The number of para-hydroxylation sites is 1. The van der Waals surface area contributed by atoms with Gasteiger partial charge in [-0.05, 0) is 74.9 Å². The number of carbonyl (C=O) groups is 3. The van der Waals surface area contributed by atoms with Crippen molar-refractivity contribution >= 4 is 65.1 Å². The van der Waals surface area contributed by atoms with Crippen LogP contribution < -0.4 is 46.3 Å². The lowest BCUT2D eigenvalue weighted by Gasteiger charge is -2.43. The second-order valence-corrected chi connectivity index (χ2v) is 21.0. The summed E-state index contributed by atoms with van der Waals surface area (Å²) < 4.78 is 25.5. The average molecular weight is 934 g/mol. The van der Waals surface area contributed by atoms with Gasteiger partial charge in [-0.3, -0.25) is 19.4 Å². The fourth-order valence-electron chi connectivity index (χ4n) is 9.55. The number of hydrogen-bond acceptors (Lipinski definition) is 15. The molecule has 8 rings (SSSR count). The number of nitrogens with one attached hydrogen (secondary N) is 5. The third-order valence-electron chi connectivity index (χ3n) is 13.3. The number of piperazine rings is 1. The molecule has 5 N–H and O–H groups in total. The molecule has 67 heavy (non-hydrogen) atoms. The van der Waals surface area contributed by atoms with Crippen LogP contribution in [0, 0.1) is 0 Å². The Hall–Kier alpha value is -6.16. The van der Waals surface area contributed by atoms with E-state index in [0.717, 1.165) is 105 Å². The molecule has 4 aliphatic heterocycles. The Balaban J connectivity index is 0.849. The van der Waals surface area contributed by atoms with Crippen LogP contribution >= 0.6 is 7.14 Å². The molecule has 0 aliphatic carbocycles. The van der Waals surface area contributed by atoms with Crippen molar-refractivity contribution in [2.24, 2.45) is 0 Å². The largest absolute Gasteiger partial charge is 0.494 e. The lowest BCUT2D eigenvalue weighted by molar-refractivity contribution is -0.121. The lowest BCUT2D eigenvalue weighted by atomic mass is 9.99. The van der Waals surface area contributed by atoms with Crippen LogP contribution in [0.4, 0.5) is 28.8 Å². The molecule has 2 fully saturated rings. The summed E-state index contributed by atoms with van der Waals surface area (Å²) in [4.78, 5) is 55.8. The van der Waals surface area contributed by atoms with Crippen molar-refractivity contribution in [3.05, 3.63) is 89.2 Å². The number of benzene rings is 3. The van der Waals surface area contributed by atoms with Gasteiger partial charge in [-0.15, -0.1) is 0 Å². The predicted molar refractivity (Wildman–Crippen MR) is 264 cm³/mol. The molecule has 17 nitrogen and oxygen atoms in total. The normalized spacial score (nSPS) is 17.3. The number of fused-ring (bicyclic) bond motifs is 1. The van der Waals surface area contributed by atoms with Gasteiger partial charge in [0.25, 0.3) is 5.91 Å². The highest BCUT2D eigenvalue weighted by atomic mass is 31.2. The SMILES string of the molecule is CCc1cc(Nc2ncc(C3=CNCN3)c(Nc3ccccc3P(C)(C)=O)n2)c(OC)cc1N1CCC(N2CCN(CCOc3cccc4c3CN(C(C=O)CCC(=O)NC)C4=O)CC2)CC1. The number of piperidine rings is 1. The van der Waals surface area contributed by atoms with Gasteiger partial charge in [0.05, 0.1) is 49.0 Å². The van der Waals surface area contributed by atoms with Gasteiger partial charge >= 0.3 is 0 Å². The van der Waals surface area contributed by atoms with Crippen molar-refractivity contribution in [2.75, 3.05) is 102 Å². The highest BCUT2D eigenvalue weighted by Gasteiger charge is 2.35. The van der Waals surface area contributed by atoms with E-state index in [1.54, 1.807) is 44.7 Å².